The van der Waals surface area contributed by atoms with Gasteiger partial charge in [-0.05, 0) is 75.6 Å². The lowest BCUT2D eigenvalue weighted by atomic mass is 9.71. The smallest absolute Gasteiger partial charge is 0.0741 e. The summed E-state index contributed by atoms with van der Waals surface area (Å²) in [5.41, 5.74) is 12.2. The van der Waals surface area contributed by atoms with Gasteiger partial charge in [0.05, 0.1) is 5.52 Å². The Labute approximate surface area is 173 Å². The van der Waals surface area contributed by atoms with Crippen molar-refractivity contribution in [3.63, 3.8) is 0 Å². The average Bonchev–Trinajstić information content (AvgIpc) is 2.65. The van der Waals surface area contributed by atoms with E-state index in [-0.39, 0.29) is 0 Å². The maximum Gasteiger partial charge on any atom is 0.0741 e. The SMILES string of the molecule is CC1=CC2Cc3nc4cc(Cl)ccc4c(NCCCCCCCN)c3C(C1)C2. The Kier molecular flexibility index (Phi) is 6.22. The molecule has 150 valence electrons. The zero-order valence-electron chi connectivity index (χ0n) is 16.9. The van der Waals surface area contributed by atoms with Crippen molar-refractivity contribution >= 4 is 28.2 Å². The highest BCUT2D eigenvalue weighted by atomic mass is 35.5. The van der Waals surface area contributed by atoms with Gasteiger partial charge in [0.15, 0.2) is 0 Å². The van der Waals surface area contributed by atoms with E-state index < -0.39 is 0 Å². The number of rotatable bonds is 8. The van der Waals surface area contributed by atoms with Gasteiger partial charge in [-0.1, -0.05) is 42.5 Å². The lowest BCUT2D eigenvalue weighted by molar-refractivity contribution is 0.433. The van der Waals surface area contributed by atoms with Crippen LogP contribution >= 0.6 is 11.6 Å². The molecule has 2 aromatic rings. The van der Waals surface area contributed by atoms with Crippen LogP contribution in [-0.2, 0) is 6.42 Å². The minimum absolute atomic E-state index is 0.596. The quantitative estimate of drug-likeness (QED) is 0.411. The predicted octanol–water partition coefficient (Wildman–Crippen LogP) is 6.21. The summed E-state index contributed by atoms with van der Waals surface area (Å²) in [6.07, 6.45) is 12.1. The topological polar surface area (TPSA) is 50.9 Å². The molecule has 2 atom stereocenters. The highest BCUT2D eigenvalue weighted by molar-refractivity contribution is 6.31. The number of hydrogen-bond donors (Lipinski definition) is 2. The highest BCUT2D eigenvalue weighted by Gasteiger charge is 2.33. The maximum atomic E-state index is 6.28. The van der Waals surface area contributed by atoms with E-state index in [4.69, 9.17) is 22.3 Å². The third kappa shape index (κ3) is 4.21. The normalized spacial score (nSPS) is 20.8. The number of allylic oxidation sites excluding steroid dienone is 2. The van der Waals surface area contributed by atoms with Gasteiger partial charge < -0.3 is 11.1 Å². The van der Waals surface area contributed by atoms with Gasteiger partial charge in [-0.3, -0.25) is 4.98 Å². The molecule has 0 radical (unpaired) electrons. The standard InChI is InChI=1S/C24H32ClN3/c1-16-11-17-13-18(12-16)23-22(14-17)28-21-15-19(25)7-8-20(21)24(23)27-10-6-4-2-3-5-9-26/h7-8,11,15,17-18H,2-6,9-10,12-14,26H2,1H3,(H,27,28). The second-order valence-electron chi connectivity index (χ2n) is 8.61. The van der Waals surface area contributed by atoms with Crippen molar-refractivity contribution in [1.82, 2.24) is 4.98 Å². The number of unbranched alkanes of at least 4 members (excludes halogenated alkanes) is 4. The van der Waals surface area contributed by atoms with Gasteiger partial charge in [0.2, 0.25) is 0 Å². The van der Waals surface area contributed by atoms with Crippen LogP contribution in [0, 0.1) is 5.92 Å². The molecule has 0 amide bonds. The molecule has 2 aliphatic rings. The van der Waals surface area contributed by atoms with Crippen molar-refractivity contribution in [2.75, 3.05) is 18.4 Å². The molecule has 2 bridgehead atoms. The summed E-state index contributed by atoms with van der Waals surface area (Å²) in [6, 6.07) is 6.15. The van der Waals surface area contributed by atoms with Gasteiger partial charge in [0.1, 0.15) is 0 Å². The number of hydrogen-bond acceptors (Lipinski definition) is 3. The van der Waals surface area contributed by atoms with E-state index in [1.165, 1.54) is 60.0 Å². The van der Waals surface area contributed by atoms with E-state index in [9.17, 15) is 0 Å². The Bertz CT molecular complexity index is 874. The second-order valence-corrected chi connectivity index (χ2v) is 9.04. The number of fused-ring (bicyclic) bond motifs is 5. The molecule has 2 aliphatic carbocycles. The lowest BCUT2D eigenvalue weighted by Gasteiger charge is -2.36. The number of pyridine rings is 1. The van der Waals surface area contributed by atoms with Gasteiger partial charge in [0.25, 0.3) is 0 Å². The highest BCUT2D eigenvalue weighted by Crippen LogP contribution is 2.47. The van der Waals surface area contributed by atoms with E-state index in [0.29, 0.717) is 11.8 Å². The Morgan fingerprint density at radius 2 is 1.96 bits per heavy atom. The Morgan fingerprint density at radius 1 is 1.14 bits per heavy atom. The first-order valence-corrected chi connectivity index (χ1v) is 11.3. The number of benzene rings is 1. The van der Waals surface area contributed by atoms with Crippen molar-refractivity contribution in [2.24, 2.45) is 11.7 Å². The van der Waals surface area contributed by atoms with Crippen molar-refractivity contribution in [2.45, 2.75) is 64.2 Å². The van der Waals surface area contributed by atoms with E-state index >= 15 is 0 Å². The van der Waals surface area contributed by atoms with Crippen molar-refractivity contribution in [1.29, 1.82) is 0 Å². The number of nitrogens with zero attached hydrogens (tertiary/aromatic N) is 1. The van der Waals surface area contributed by atoms with Crippen LogP contribution in [0.3, 0.4) is 0 Å². The zero-order valence-corrected chi connectivity index (χ0v) is 17.7. The molecular formula is C24H32ClN3. The molecule has 2 unspecified atom stereocenters. The molecule has 28 heavy (non-hydrogen) atoms. The van der Waals surface area contributed by atoms with Crippen molar-refractivity contribution < 1.29 is 0 Å². The Morgan fingerprint density at radius 3 is 2.82 bits per heavy atom. The molecule has 1 aromatic carbocycles. The molecule has 4 heteroatoms. The van der Waals surface area contributed by atoms with Crippen LogP contribution in [0.25, 0.3) is 10.9 Å². The van der Waals surface area contributed by atoms with E-state index in [2.05, 4.69) is 24.4 Å². The predicted molar refractivity (Wildman–Crippen MR) is 120 cm³/mol. The van der Waals surface area contributed by atoms with Crippen LogP contribution in [0.2, 0.25) is 5.02 Å². The number of anilines is 1. The Balaban J connectivity index is 1.60. The van der Waals surface area contributed by atoms with Crippen LogP contribution in [0.5, 0.6) is 0 Å². The number of aromatic nitrogens is 1. The third-order valence-electron chi connectivity index (χ3n) is 6.29. The van der Waals surface area contributed by atoms with Crippen LogP contribution < -0.4 is 11.1 Å². The maximum absolute atomic E-state index is 6.28. The summed E-state index contributed by atoms with van der Waals surface area (Å²) < 4.78 is 0. The first-order chi connectivity index (χ1) is 13.7. The van der Waals surface area contributed by atoms with Crippen LogP contribution in [0.1, 0.15) is 69.0 Å². The van der Waals surface area contributed by atoms with Crippen molar-refractivity contribution in [3.05, 3.63) is 46.1 Å². The fraction of sp³-hybridized carbons (Fsp3) is 0.542. The molecular weight excluding hydrogens is 366 g/mol. The Hall–Kier alpha value is -1.58. The minimum atomic E-state index is 0.596. The van der Waals surface area contributed by atoms with E-state index in [1.807, 2.05) is 12.1 Å². The van der Waals surface area contributed by atoms with E-state index in [0.717, 1.165) is 42.9 Å². The van der Waals surface area contributed by atoms with Gasteiger partial charge in [-0.2, -0.15) is 0 Å². The molecule has 0 fully saturated rings. The molecule has 3 N–H and O–H groups in total. The van der Waals surface area contributed by atoms with Crippen LogP contribution in [-0.4, -0.2) is 18.1 Å². The van der Waals surface area contributed by atoms with Crippen molar-refractivity contribution in [3.8, 4) is 0 Å². The summed E-state index contributed by atoms with van der Waals surface area (Å²) >= 11 is 6.28. The summed E-state index contributed by atoms with van der Waals surface area (Å²) in [5, 5.41) is 5.80. The summed E-state index contributed by atoms with van der Waals surface area (Å²) in [7, 11) is 0. The third-order valence-corrected chi connectivity index (χ3v) is 6.52. The van der Waals surface area contributed by atoms with Crippen LogP contribution in [0.4, 0.5) is 5.69 Å². The minimum Gasteiger partial charge on any atom is -0.384 e. The first kappa shape index (κ1) is 19.7. The number of halogens is 1. The van der Waals surface area contributed by atoms with Gasteiger partial charge in [-0.25, -0.2) is 0 Å². The van der Waals surface area contributed by atoms with E-state index in [1.54, 1.807) is 0 Å². The molecule has 0 saturated heterocycles. The average molecular weight is 398 g/mol. The largest absolute Gasteiger partial charge is 0.384 e. The van der Waals surface area contributed by atoms with Crippen LogP contribution in [0.15, 0.2) is 29.8 Å². The second kappa shape index (κ2) is 8.84. The lowest BCUT2D eigenvalue weighted by Crippen LogP contribution is -2.24. The van der Waals surface area contributed by atoms with Gasteiger partial charge in [0, 0.05) is 33.9 Å². The fourth-order valence-electron chi connectivity index (χ4n) is 5.09. The fourth-order valence-corrected chi connectivity index (χ4v) is 5.26. The van der Waals surface area contributed by atoms with Gasteiger partial charge >= 0.3 is 0 Å². The monoisotopic (exact) mass is 397 g/mol. The summed E-state index contributed by atoms with van der Waals surface area (Å²) in [4.78, 5) is 5.06. The molecule has 0 aliphatic heterocycles. The summed E-state index contributed by atoms with van der Waals surface area (Å²) in [5.74, 6) is 1.24. The number of nitrogens with one attached hydrogen (secondary N) is 1. The zero-order chi connectivity index (χ0) is 19.5. The number of nitrogens with two attached hydrogens (primary N) is 1. The van der Waals surface area contributed by atoms with Gasteiger partial charge in [-0.15, -0.1) is 0 Å². The molecule has 1 aromatic heterocycles. The summed E-state index contributed by atoms with van der Waals surface area (Å²) in [6.45, 7) is 4.11. The molecule has 0 spiro atoms. The first-order valence-electron chi connectivity index (χ1n) is 10.9. The molecule has 3 nitrogen and oxygen atoms in total. The molecule has 1 heterocycles. The molecule has 4 rings (SSSR count). The molecule has 0 saturated carbocycles.